The van der Waals surface area contributed by atoms with Crippen LogP contribution in [0.2, 0.25) is 0 Å². The van der Waals surface area contributed by atoms with Crippen molar-refractivity contribution in [2.24, 2.45) is 0 Å². The van der Waals surface area contributed by atoms with Crippen molar-refractivity contribution in [1.29, 1.82) is 0 Å². The Kier molecular flexibility index (Phi) is 5.28. The summed E-state index contributed by atoms with van der Waals surface area (Å²) in [5.74, 6) is 0.449. The zero-order valence-electron chi connectivity index (χ0n) is 11.6. The average molecular weight is 308 g/mol. The first-order valence-electron chi connectivity index (χ1n) is 6.12. The van der Waals surface area contributed by atoms with Gasteiger partial charge in [0.25, 0.3) is 0 Å². The molecule has 0 saturated carbocycles. The van der Waals surface area contributed by atoms with Crippen LogP contribution >= 0.6 is 23.7 Å². The van der Waals surface area contributed by atoms with Gasteiger partial charge in [-0.15, -0.1) is 23.7 Å². The summed E-state index contributed by atoms with van der Waals surface area (Å²) in [6.07, 6.45) is 0. The largest absolute Gasteiger partial charge is 0.344 e. The minimum Gasteiger partial charge on any atom is -0.344 e. The van der Waals surface area contributed by atoms with E-state index in [4.69, 9.17) is 0 Å². The molecule has 0 aliphatic rings. The Bertz CT molecular complexity index is 795. The minimum atomic E-state index is 0. The van der Waals surface area contributed by atoms with Crippen LogP contribution in [0.25, 0.3) is 20.2 Å². The number of benzene rings is 2. The van der Waals surface area contributed by atoms with Gasteiger partial charge in [0.1, 0.15) is 0 Å². The van der Waals surface area contributed by atoms with Crippen molar-refractivity contribution in [3.63, 3.8) is 0 Å². The fourth-order valence-corrected chi connectivity index (χ4v) is 3.23. The average Bonchev–Trinajstić information content (AvgIpc) is 2.38. The van der Waals surface area contributed by atoms with Gasteiger partial charge in [-0.05, 0) is 35.7 Å². The molecule has 1 aromatic heterocycles. The lowest BCUT2D eigenvalue weighted by atomic mass is 10.0. The molecule has 0 radical (unpaired) electrons. The van der Waals surface area contributed by atoms with E-state index in [1.807, 2.05) is 30.3 Å². The van der Waals surface area contributed by atoms with Gasteiger partial charge in [0, 0.05) is 20.2 Å². The highest BCUT2D eigenvalue weighted by Crippen LogP contribution is 2.26. The first-order chi connectivity index (χ1) is 8.66. The van der Waals surface area contributed by atoms with Crippen LogP contribution in [0.15, 0.2) is 47.3 Å². The van der Waals surface area contributed by atoms with Crippen LogP contribution in [0, 0.1) is 0 Å². The molecule has 0 aliphatic heterocycles. The molecule has 0 aliphatic carbocycles. The van der Waals surface area contributed by atoms with Crippen LogP contribution in [0.1, 0.15) is 25.3 Å². The molecule has 3 aromatic rings. The standard InChI is InChI=1S/C16H14OS.ClH.H3N/c1-10(2)11-7-8-15-13(9-11)16(17)12-5-3-4-6-14(12)18-15;;/h3-10H,1-2H3;1H;1H3. The summed E-state index contributed by atoms with van der Waals surface area (Å²) >= 11 is 1.69. The fraction of sp³-hybridized carbons (Fsp3) is 0.188. The van der Waals surface area contributed by atoms with Gasteiger partial charge in [0.05, 0.1) is 0 Å². The van der Waals surface area contributed by atoms with E-state index < -0.39 is 0 Å². The zero-order chi connectivity index (χ0) is 12.7. The Morgan fingerprint density at radius 3 is 2.30 bits per heavy atom. The Morgan fingerprint density at radius 2 is 1.60 bits per heavy atom. The first-order valence-corrected chi connectivity index (χ1v) is 6.94. The lowest BCUT2D eigenvalue weighted by Gasteiger charge is -2.07. The molecule has 0 amide bonds. The SMILES string of the molecule is CC(C)c1ccc2sc3ccccc3c(=O)c2c1.Cl.N. The van der Waals surface area contributed by atoms with Gasteiger partial charge in [-0.3, -0.25) is 4.79 Å². The van der Waals surface area contributed by atoms with E-state index in [0.29, 0.717) is 5.92 Å². The summed E-state index contributed by atoms with van der Waals surface area (Å²) in [6.45, 7) is 4.30. The number of hydrogen-bond donors (Lipinski definition) is 1. The normalized spacial score (nSPS) is 10.3. The van der Waals surface area contributed by atoms with E-state index in [9.17, 15) is 4.79 Å². The monoisotopic (exact) mass is 307 g/mol. The highest BCUT2D eigenvalue weighted by atomic mass is 35.5. The molecule has 2 nitrogen and oxygen atoms in total. The first kappa shape index (κ1) is 16.6. The highest BCUT2D eigenvalue weighted by Gasteiger charge is 2.07. The van der Waals surface area contributed by atoms with Crippen LogP contribution in [0.5, 0.6) is 0 Å². The third-order valence-electron chi connectivity index (χ3n) is 3.27. The van der Waals surface area contributed by atoms with Crippen molar-refractivity contribution in [1.82, 2.24) is 6.15 Å². The van der Waals surface area contributed by atoms with Gasteiger partial charge < -0.3 is 6.15 Å². The van der Waals surface area contributed by atoms with E-state index >= 15 is 0 Å². The van der Waals surface area contributed by atoms with E-state index in [-0.39, 0.29) is 24.0 Å². The molecule has 3 N–H and O–H groups in total. The van der Waals surface area contributed by atoms with E-state index in [0.717, 1.165) is 20.2 Å². The molecule has 0 atom stereocenters. The summed E-state index contributed by atoms with van der Waals surface area (Å²) in [5.41, 5.74) is 1.38. The third kappa shape index (κ3) is 2.70. The second kappa shape index (κ2) is 6.35. The number of rotatable bonds is 1. The van der Waals surface area contributed by atoms with Gasteiger partial charge in [0.15, 0.2) is 5.43 Å². The van der Waals surface area contributed by atoms with Crippen molar-refractivity contribution in [2.75, 3.05) is 0 Å². The second-order valence-electron chi connectivity index (χ2n) is 4.84. The Labute approximate surface area is 128 Å². The summed E-state index contributed by atoms with van der Waals surface area (Å²) in [5, 5.41) is 1.68. The molecule has 3 rings (SSSR count). The fourth-order valence-electron chi connectivity index (χ4n) is 2.18. The summed E-state index contributed by atoms with van der Waals surface area (Å²) in [6, 6.07) is 14.1. The van der Waals surface area contributed by atoms with Crippen molar-refractivity contribution in [3.05, 3.63) is 58.3 Å². The second-order valence-corrected chi connectivity index (χ2v) is 5.92. The molecule has 2 aromatic carbocycles. The maximum Gasteiger partial charge on any atom is 0.195 e. The van der Waals surface area contributed by atoms with E-state index in [1.165, 1.54) is 5.56 Å². The maximum absolute atomic E-state index is 12.5. The van der Waals surface area contributed by atoms with Crippen molar-refractivity contribution >= 4 is 43.9 Å². The molecule has 4 heteroatoms. The van der Waals surface area contributed by atoms with Gasteiger partial charge in [-0.2, -0.15) is 0 Å². The molecular weight excluding hydrogens is 290 g/mol. The molecule has 0 spiro atoms. The topological polar surface area (TPSA) is 52.1 Å². The summed E-state index contributed by atoms with van der Waals surface area (Å²) in [4.78, 5) is 12.5. The predicted octanol–water partition coefficient (Wildman–Crippen LogP) is 5.12. The van der Waals surface area contributed by atoms with Crippen LogP contribution in [-0.2, 0) is 0 Å². The number of fused-ring (bicyclic) bond motifs is 2. The van der Waals surface area contributed by atoms with Gasteiger partial charge in [0.2, 0.25) is 0 Å². The maximum atomic E-state index is 12.5. The molecular formula is C16H18ClNOS. The summed E-state index contributed by atoms with van der Waals surface area (Å²) < 4.78 is 2.13. The van der Waals surface area contributed by atoms with Crippen LogP contribution in [-0.4, -0.2) is 0 Å². The van der Waals surface area contributed by atoms with Gasteiger partial charge in [-0.25, -0.2) is 0 Å². The molecule has 0 unspecified atom stereocenters. The van der Waals surface area contributed by atoms with E-state index in [2.05, 4.69) is 26.0 Å². The number of halogens is 1. The zero-order valence-corrected chi connectivity index (χ0v) is 13.2. The third-order valence-corrected chi connectivity index (χ3v) is 4.42. The molecule has 0 saturated heterocycles. The van der Waals surface area contributed by atoms with Crippen LogP contribution in [0.4, 0.5) is 0 Å². The highest BCUT2D eigenvalue weighted by molar-refractivity contribution is 7.24. The Morgan fingerprint density at radius 1 is 0.950 bits per heavy atom. The molecule has 1 heterocycles. The van der Waals surface area contributed by atoms with Crippen molar-refractivity contribution in [2.45, 2.75) is 19.8 Å². The van der Waals surface area contributed by atoms with Crippen LogP contribution < -0.4 is 11.6 Å². The van der Waals surface area contributed by atoms with E-state index in [1.54, 1.807) is 11.3 Å². The number of hydrogen-bond acceptors (Lipinski definition) is 3. The quantitative estimate of drug-likeness (QED) is 0.634. The predicted molar refractivity (Wildman–Crippen MR) is 92.0 cm³/mol. The van der Waals surface area contributed by atoms with Crippen molar-refractivity contribution in [3.8, 4) is 0 Å². The molecule has 0 fully saturated rings. The molecule has 20 heavy (non-hydrogen) atoms. The Balaban J connectivity index is 0.000001000. The van der Waals surface area contributed by atoms with Crippen LogP contribution in [0.3, 0.4) is 0 Å². The Hall–Kier alpha value is -1.42. The summed E-state index contributed by atoms with van der Waals surface area (Å²) in [7, 11) is 0. The lowest BCUT2D eigenvalue weighted by Crippen LogP contribution is -2.01. The van der Waals surface area contributed by atoms with Gasteiger partial charge >= 0.3 is 0 Å². The lowest BCUT2D eigenvalue weighted by molar-refractivity contribution is 0.869. The minimum absolute atomic E-state index is 0. The molecule has 0 bridgehead atoms. The smallest absolute Gasteiger partial charge is 0.195 e. The van der Waals surface area contributed by atoms with Gasteiger partial charge in [-0.1, -0.05) is 32.0 Å². The van der Waals surface area contributed by atoms with Crippen molar-refractivity contribution < 1.29 is 0 Å². The molecule has 106 valence electrons.